The van der Waals surface area contributed by atoms with Crippen molar-refractivity contribution in [2.45, 2.75) is 38.6 Å². The van der Waals surface area contributed by atoms with Gasteiger partial charge in [0.05, 0.1) is 12.7 Å². The Morgan fingerprint density at radius 1 is 1.47 bits per heavy atom. The monoisotopic (exact) mass is 235 g/mol. The molecule has 0 bridgehead atoms. The molecule has 1 fully saturated rings. The standard InChI is InChI=1S/C14H21NO2/c1-11-4-3-5-12(8-11)9-14(2)16-10-13(17-14)6-7-15/h3-5,8,13H,6-7,9-10,15H2,1-2H3. The summed E-state index contributed by atoms with van der Waals surface area (Å²) in [6.45, 7) is 5.40. The average molecular weight is 235 g/mol. The Balaban J connectivity index is 1.99. The second-order valence-electron chi connectivity index (χ2n) is 4.93. The van der Waals surface area contributed by atoms with Gasteiger partial charge in [-0.15, -0.1) is 0 Å². The number of hydrogen-bond acceptors (Lipinski definition) is 3. The third kappa shape index (κ3) is 3.28. The molecule has 0 spiro atoms. The molecule has 2 atom stereocenters. The van der Waals surface area contributed by atoms with E-state index in [1.54, 1.807) is 0 Å². The van der Waals surface area contributed by atoms with Crippen LogP contribution in [0.3, 0.4) is 0 Å². The molecule has 0 saturated carbocycles. The van der Waals surface area contributed by atoms with Crippen LogP contribution in [0.4, 0.5) is 0 Å². The van der Waals surface area contributed by atoms with E-state index < -0.39 is 5.79 Å². The van der Waals surface area contributed by atoms with Crippen LogP contribution >= 0.6 is 0 Å². The largest absolute Gasteiger partial charge is 0.347 e. The maximum atomic E-state index is 5.93. The van der Waals surface area contributed by atoms with E-state index >= 15 is 0 Å². The van der Waals surface area contributed by atoms with Crippen LogP contribution in [-0.2, 0) is 15.9 Å². The zero-order valence-corrected chi connectivity index (χ0v) is 10.6. The minimum Gasteiger partial charge on any atom is -0.347 e. The smallest absolute Gasteiger partial charge is 0.170 e. The summed E-state index contributed by atoms with van der Waals surface area (Å²) in [6, 6.07) is 8.45. The van der Waals surface area contributed by atoms with E-state index in [4.69, 9.17) is 15.2 Å². The molecule has 1 aromatic carbocycles. The molecule has 2 rings (SSSR count). The Morgan fingerprint density at radius 2 is 2.29 bits per heavy atom. The number of ether oxygens (including phenoxy) is 2. The van der Waals surface area contributed by atoms with Gasteiger partial charge < -0.3 is 15.2 Å². The second kappa shape index (κ2) is 5.17. The number of aryl methyl sites for hydroxylation is 1. The van der Waals surface area contributed by atoms with Gasteiger partial charge in [0.25, 0.3) is 0 Å². The first-order valence-electron chi connectivity index (χ1n) is 6.19. The van der Waals surface area contributed by atoms with Gasteiger partial charge in [0.2, 0.25) is 0 Å². The van der Waals surface area contributed by atoms with Gasteiger partial charge in [-0.3, -0.25) is 0 Å². The number of hydrogen-bond donors (Lipinski definition) is 1. The Kier molecular flexibility index (Phi) is 3.82. The van der Waals surface area contributed by atoms with Gasteiger partial charge in [0.1, 0.15) is 0 Å². The molecule has 3 nitrogen and oxygen atoms in total. The fourth-order valence-corrected chi connectivity index (χ4v) is 2.30. The predicted molar refractivity (Wildman–Crippen MR) is 67.8 cm³/mol. The van der Waals surface area contributed by atoms with Gasteiger partial charge in [-0.2, -0.15) is 0 Å². The molecule has 17 heavy (non-hydrogen) atoms. The highest BCUT2D eigenvalue weighted by molar-refractivity contribution is 5.23. The van der Waals surface area contributed by atoms with E-state index in [0.717, 1.165) is 12.8 Å². The van der Waals surface area contributed by atoms with Gasteiger partial charge in [-0.05, 0) is 32.4 Å². The van der Waals surface area contributed by atoms with Gasteiger partial charge in [0.15, 0.2) is 5.79 Å². The van der Waals surface area contributed by atoms with Crippen molar-refractivity contribution >= 4 is 0 Å². The van der Waals surface area contributed by atoms with Crippen LogP contribution in [0.15, 0.2) is 24.3 Å². The molecular formula is C14H21NO2. The quantitative estimate of drug-likeness (QED) is 0.868. The molecule has 1 aromatic rings. The zero-order chi connectivity index (χ0) is 12.3. The molecule has 0 amide bonds. The van der Waals surface area contributed by atoms with E-state index in [2.05, 4.69) is 31.2 Å². The molecule has 1 heterocycles. The van der Waals surface area contributed by atoms with Gasteiger partial charge in [-0.25, -0.2) is 0 Å². The molecular weight excluding hydrogens is 214 g/mol. The van der Waals surface area contributed by atoms with E-state index in [-0.39, 0.29) is 6.10 Å². The lowest BCUT2D eigenvalue weighted by Gasteiger charge is -2.23. The number of nitrogens with two attached hydrogens (primary N) is 1. The van der Waals surface area contributed by atoms with Crippen molar-refractivity contribution in [2.24, 2.45) is 5.73 Å². The second-order valence-corrected chi connectivity index (χ2v) is 4.93. The van der Waals surface area contributed by atoms with Gasteiger partial charge in [0, 0.05) is 6.42 Å². The highest BCUT2D eigenvalue weighted by Crippen LogP contribution is 2.28. The van der Waals surface area contributed by atoms with E-state index in [1.807, 2.05) is 6.92 Å². The fourth-order valence-electron chi connectivity index (χ4n) is 2.30. The van der Waals surface area contributed by atoms with Crippen molar-refractivity contribution in [3.63, 3.8) is 0 Å². The summed E-state index contributed by atoms with van der Waals surface area (Å²) in [7, 11) is 0. The number of benzene rings is 1. The lowest BCUT2D eigenvalue weighted by atomic mass is 10.0. The topological polar surface area (TPSA) is 44.5 Å². The van der Waals surface area contributed by atoms with Crippen LogP contribution in [0, 0.1) is 6.92 Å². The van der Waals surface area contributed by atoms with Crippen LogP contribution in [0.5, 0.6) is 0 Å². The minimum absolute atomic E-state index is 0.148. The van der Waals surface area contributed by atoms with Crippen LogP contribution in [0.1, 0.15) is 24.5 Å². The molecule has 1 saturated heterocycles. The molecule has 1 aliphatic rings. The van der Waals surface area contributed by atoms with Gasteiger partial charge in [-0.1, -0.05) is 29.8 Å². The fraction of sp³-hybridized carbons (Fsp3) is 0.571. The van der Waals surface area contributed by atoms with Crippen molar-refractivity contribution in [1.82, 2.24) is 0 Å². The Morgan fingerprint density at radius 3 is 3.00 bits per heavy atom. The molecule has 3 heteroatoms. The lowest BCUT2D eigenvalue weighted by molar-refractivity contribution is -0.152. The number of rotatable bonds is 4. The zero-order valence-electron chi connectivity index (χ0n) is 10.6. The summed E-state index contributed by atoms with van der Waals surface area (Å²) in [4.78, 5) is 0. The highest BCUT2D eigenvalue weighted by atomic mass is 16.7. The summed E-state index contributed by atoms with van der Waals surface area (Å²) in [5.74, 6) is -0.492. The molecule has 0 aliphatic carbocycles. The summed E-state index contributed by atoms with van der Waals surface area (Å²) < 4.78 is 11.7. The Labute approximate surface area is 103 Å². The Hall–Kier alpha value is -0.900. The van der Waals surface area contributed by atoms with Crippen molar-refractivity contribution in [2.75, 3.05) is 13.2 Å². The first-order valence-corrected chi connectivity index (χ1v) is 6.19. The van der Waals surface area contributed by atoms with E-state index in [9.17, 15) is 0 Å². The van der Waals surface area contributed by atoms with E-state index in [0.29, 0.717) is 13.2 Å². The molecule has 0 aromatic heterocycles. The summed E-state index contributed by atoms with van der Waals surface area (Å²) in [5, 5.41) is 0. The first-order chi connectivity index (χ1) is 8.11. The SMILES string of the molecule is Cc1cccc(CC2(C)OCC(CCN)O2)c1. The van der Waals surface area contributed by atoms with E-state index in [1.165, 1.54) is 11.1 Å². The molecule has 0 radical (unpaired) electrons. The highest BCUT2D eigenvalue weighted by Gasteiger charge is 2.36. The van der Waals surface area contributed by atoms with Crippen LogP contribution < -0.4 is 5.73 Å². The first kappa shape index (κ1) is 12.6. The summed E-state index contributed by atoms with van der Waals surface area (Å²) in [6.07, 6.45) is 1.80. The third-order valence-electron chi connectivity index (χ3n) is 3.09. The minimum atomic E-state index is -0.492. The van der Waals surface area contributed by atoms with Gasteiger partial charge >= 0.3 is 0 Å². The van der Waals surface area contributed by atoms with Crippen LogP contribution in [0.2, 0.25) is 0 Å². The van der Waals surface area contributed by atoms with Crippen molar-refractivity contribution in [3.8, 4) is 0 Å². The van der Waals surface area contributed by atoms with Crippen molar-refractivity contribution in [1.29, 1.82) is 0 Å². The molecule has 2 unspecified atom stereocenters. The normalized spacial score (nSPS) is 28.5. The molecule has 94 valence electrons. The van der Waals surface area contributed by atoms with Crippen molar-refractivity contribution < 1.29 is 9.47 Å². The molecule has 1 aliphatic heterocycles. The maximum Gasteiger partial charge on any atom is 0.170 e. The predicted octanol–water partition coefficient (Wildman–Crippen LogP) is 2.02. The van der Waals surface area contributed by atoms with Crippen LogP contribution in [-0.4, -0.2) is 25.0 Å². The average Bonchev–Trinajstić information content (AvgIpc) is 2.60. The van der Waals surface area contributed by atoms with Crippen LogP contribution in [0.25, 0.3) is 0 Å². The lowest BCUT2D eigenvalue weighted by Crippen LogP contribution is -2.30. The Bertz CT molecular complexity index is 380. The van der Waals surface area contributed by atoms with Crippen molar-refractivity contribution in [3.05, 3.63) is 35.4 Å². The summed E-state index contributed by atoms with van der Waals surface area (Å²) >= 11 is 0. The maximum absolute atomic E-state index is 5.93. The molecule has 2 N–H and O–H groups in total. The summed E-state index contributed by atoms with van der Waals surface area (Å²) in [5.41, 5.74) is 8.05. The third-order valence-corrected chi connectivity index (χ3v) is 3.09.